The van der Waals surface area contributed by atoms with Gasteiger partial charge < -0.3 is 5.11 Å². The number of hydrogen-bond donors (Lipinski definition) is 2. The van der Waals surface area contributed by atoms with Crippen molar-refractivity contribution in [3.8, 4) is 0 Å². The molecule has 0 saturated heterocycles. The number of hydrogen-bond acceptors (Lipinski definition) is 3. The second-order valence-corrected chi connectivity index (χ2v) is 2.55. The molecule has 0 saturated carbocycles. The van der Waals surface area contributed by atoms with Gasteiger partial charge in [0.2, 0.25) is 0 Å². The SMILES string of the molecule is NO[C@H](CCO)c1ccccc1. The maximum Gasteiger partial charge on any atom is 0.106 e. The molecule has 3 nitrogen and oxygen atoms in total. The number of rotatable bonds is 4. The van der Waals surface area contributed by atoms with E-state index in [0.29, 0.717) is 6.42 Å². The van der Waals surface area contributed by atoms with Crippen molar-refractivity contribution in [2.75, 3.05) is 6.61 Å². The van der Waals surface area contributed by atoms with Crippen LogP contribution in [0, 0.1) is 0 Å². The first-order valence-electron chi connectivity index (χ1n) is 3.90. The lowest BCUT2D eigenvalue weighted by Gasteiger charge is -2.12. The minimum absolute atomic E-state index is 0.0801. The van der Waals surface area contributed by atoms with E-state index >= 15 is 0 Å². The van der Waals surface area contributed by atoms with Crippen LogP contribution < -0.4 is 5.90 Å². The topological polar surface area (TPSA) is 55.5 Å². The number of nitrogens with two attached hydrogens (primary N) is 1. The molecule has 0 aliphatic carbocycles. The van der Waals surface area contributed by atoms with Crippen LogP contribution in [0.1, 0.15) is 18.1 Å². The number of aliphatic hydroxyl groups excluding tert-OH is 1. The molecule has 1 aromatic rings. The van der Waals surface area contributed by atoms with Crippen LogP contribution in [0.3, 0.4) is 0 Å². The predicted molar refractivity (Wildman–Crippen MR) is 46.2 cm³/mol. The molecule has 0 aliphatic heterocycles. The van der Waals surface area contributed by atoms with Gasteiger partial charge in [-0.1, -0.05) is 30.3 Å². The fraction of sp³-hybridized carbons (Fsp3) is 0.333. The second-order valence-electron chi connectivity index (χ2n) is 2.55. The van der Waals surface area contributed by atoms with Crippen molar-refractivity contribution in [3.05, 3.63) is 35.9 Å². The summed E-state index contributed by atoms with van der Waals surface area (Å²) in [5.74, 6) is 5.08. The highest BCUT2D eigenvalue weighted by atomic mass is 16.6. The van der Waals surface area contributed by atoms with Gasteiger partial charge in [-0.3, -0.25) is 4.84 Å². The molecule has 0 aromatic heterocycles. The van der Waals surface area contributed by atoms with Crippen LogP contribution in [0.5, 0.6) is 0 Å². The predicted octanol–water partition coefficient (Wildman–Crippen LogP) is 1.00. The third-order valence-corrected chi connectivity index (χ3v) is 1.73. The molecule has 0 fully saturated rings. The summed E-state index contributed by atoms with van der Waals surface area (Å²) in [4.78, 5) is 4.72. The summed E-state index contributed by atoms with van der Waals surface area (Å²) < 4.78 is 0. The molecular formula is C9H13NO2. The van der Waals surface area contributed by atoms with Crippen molar-refractivity contribution in [1.82, 2.24) is 0 Å². The van der Waals surface area contributed by atoms with E-state index in [-0.39, 0.29) is 12.7 Å². The summed E-state index contributed by atoms with van der Waals surface area (Å²) >= 11 is 0. The van der Waals surface area contributed by atoms with E-state index in [2.05, 4.69) is 0 Å². The third-order valence-electron chi connectivity index (χ3n) is 1.73. The van der Waals surface area contributed by atoms with E-state index in [1.165, 1.54) is 0 Å². The Kier molecular flexibility index (Phi) is 3.73. The molecule has 12 heavy (non-hydrogen) atoms. The summed E-state index contributed by atoms with van der Waals surface area (Å²) in [6.45, 7) is 0.0801. The monoisotopic (exact) mass is 167 g/mol. The molecule has 1 aromatic carbocycles. The molecule has 66 valence electrons. The quantitative estimate of drug-likeness (QED) is 0.658. The molecular weight excluding hydrogens is 154 g/mol. The molecule has 0 heterocycles. The Balaban J connectivity index is 2.66. The molecule has 3 heteroatoms. The molecule has 3 N–H and O–H groups in total. The average Bonchev–Trinajstić information content (AvgIpc) is 2.15. The van der Waals surface area contributed by atoms with Crippen LogP contribution in [0.15, 0.2) is 30.3 Å². The Morgan fingerprint density at radius 2 is 2.00 bits per heavy atom. The lowest BCUT2D eigenvalue weighted by atomic mass is 10.1. The van der Waals surface area contributed by atoms with Crippen molar-refractivity contribution in [3.63, 3.8) is 0 Å². The molecule has 0 amide bonds. The molecule has 0 unspecified atom stereocenters. The molecule has 0 radical (unpaired) electrons. The van der Waals surface area contributed by atoms with Gasteiger partial charge in [-0.15, -0.1) is 0 Å². The zero-order valence-electron chi connectivity index (χ0n) is 6.81. The zero-order chi connectivity index (χ0) is 8.81. The summed E-state index contributed by atoms with van der Waals surface area (Å²) in [5, 5.41) is 8.69. The van der Waals surface area contributed by atoms with Gasteiger partial charge in [-0.05, 0) is 5.56 Å². The lowest BCUT2D eigenvalue weighted by molar-refractivity contribution is 0.0342. The van der Waals surface area contributed by atoms with Gasteiger partial charge in [0.25, 0.3) is 0 Å². The molecule has 0 aliphatic rings. The first-order valence-corrected chi connectivity index (χ1v) is 3.90. The summed E-state index contributed by atoms with van der Waals surface area (Å²) in [6, 6.07) is 9.61. The van der Waals surface area contributed by atoms with Crippen LogP contribution in [0.25, 0.3) is 0 Å². The molecule has 0 spiro atoms. The Morgan fingerprint density at radius 1 is 1.33 bits per heavy atom. The standard InChI is InChI=1S/C9H13NO2/c10-12-9(6-7-11)8-4-2-1-3-5-8/h1-5,9,11H,6-7,10H2/t9-/m1/s1. The van der Waals surface area contributed by atoms with Gasteiger partial charge in [0.15, 0.2) is 0 Å². The van der Waals surface area contributed by atoms with Crippen LogP contribution in [0.4, 0.5) is 0 Å². The Bertz CT molecular complexity index is 213. The van der Waals surface area contributed by atoms with E-state index in [1.807, 2.05) is 30.3 Å². The van der Waals surface area contributed by atoms with Crippen molar-refractivity contribution in [1.29, 1.82) is 0 Å². The summed E-state index contributed by atoms with van der Waals surface area (Å²) in [6.07, 6.45) is 0.330. The van der Waals surface area contributed by atoms with Gasteiger partial charge in [-0.25, -0.2) is 5.90 Å². The number of benzene rings is 1. The molecule has 0 bridgehead atoms. The van der Waals surface area contributed by atoms with E-state index in [4.69, 9.17) is 15.8 Å². The Labute approximate surface area is 71.7 Å². The fourth-order valence-electron chi connectivity index (χ4n) is 1.10. The van der Waals surface area contributed by atoms with E-state index in [9.17, 15) is 0 Å². The Morgan fingerprint density at radius 3 is 2.50 bits per heavy atom. The third kappa shape index (κ3) is 2.30. The smallest absolute Gasteiger partial charge is 0.106 e. The highest BCUT2D eigenvalue weighted by Gasteiger charge is 2.08. The van der Waals surface area contributed by atoms with Crippen LogP contribution in [-0.2, 0) is 4.84 Å². The van der Waals surface area contributed by atoms with E-state index in [0.717, 1.165) is 5.56 Å². The summed E-state index contributed by atoms with van der Waals surface area (Å²) in [5.41, 5.74) is 0.994. The number of aliphatic hydroxyl groups is 1. The van der Waals surface area contributed by atoms with E-state index in [1.54, 1.807) is 0 Å². The van der Waals surface area contributed by atoms with Crippen molar-refractivity contribution in [2.24, 2.45) is 5.90 Å². The minimum atomic E-state index is -0.198. The normalized spacial score (nSPS) is 12.8. The average molecular weight is 167 g/mol. The van der Waals surface area contributed by atoms with Crippen LogP contribution >= 0.6 is 0 Å². The van der Waals surface area contributed by atoms with Crippen molar-refractivity contribution >= 4 is 0 Å². The maximum atomic E-state index is 8.69. The van der Waals surface area contributed by atoms with Gasteiger partial charge in [-0.2, -0.15) is 0 Å². The van der Waals surface area contributed by atoms with Gasteiger partial charge >= 0.3 is 0 Å². The highest BCUT2D eigenvalue weighted by molar-refractivity contribution is 5.17. The van der Waals surface area contributed by atoms with Crippen LogP contribution in [-0.4, -0.2) is 11.7 Å². The largest absolute Gasteiger partial charge is 0.396 e. The van der Waals surface area contributed by atoms with Gasteiger partial charge in [0, 0.05) is 13.0 Å². The Hall–Kier alpha value is -0.900. The highest BCUT2D eigenvalue weighted by Crippen LogP contribution is 2.17. The second kappa shape index (κ2) is 4.87. The zero-order valence-corrected chi connectivity index (χ0v) is 6.81. The van der Waals surface area contributed by atoms with Crippen molar-refractivity contribution < 1.29 is 9.94 Å². The summed E-state index contributed by atoms with van der Waals surface area (Å²) in [7, 11) is 0. The van der Waals surface area contributed by atoms with Gasteiger partial charge in [0.1, 0.15) is 6.10 Å². The first kappa shape index (κ1) is 9.19. The lowest BCUT2D eigenvalue weighted by Crippen LogP contribution is -2.10. The van der Waals surface area contributed by atoms with Crippen LogP contribution in [0.2, 0.25) is 0 Å². The first-order chi connectivity index (χ1) is 5.88. The minimum Gasteiger partial charge on any atom is -0.396 e. The maximum absolute atomic E-state index is 8.69. The fourth-order valence-corrected chi connectivity index (χ4v) is 1.10. The molecule has 1 atom stereocenters. The van der Waals surface area contributed by atoms with Crippen molar-refractivity contribution in [2.45, 2.75) is 12.5 Å². The van der Waals surface area contributed by atoms with Gasteiger partial charge in [0.05, 0.1) is 0 Å². The molecule has 1 rings (SSSR count). The van der Waals surface area contributed by atoms with E-state index < -0.39 is 0 Å².